The molecule has 0 bridgehead atoms. The zero-order valence-corrected chi connectivity index (χ0v) is 13.8. The first-order valence-electron chi connectivity index (χ1n) is 7.34. The second-order valence-electron chi connectivity index (χ2n) is 5.42. The molecule has 0 spiro atoms. The summed E-state index contributed by atoms with van der Waals surface area (Å²) < 4.78 is 0. The zero-order valence-electron chi connectivity index (χ0n) is 13.0. The van der Waals surface area contributed by atoms with Crippen molar-refractivity contribution in [2.75, 3.05) is 5.32 Å². The summed E-state index contributed by atoms with van der Waals surface area (Å²) in [6.45, 7) is 1.97. The molecule has 6 heteroatoms. The van der Waals surface area contributed by atoms with Gasteiger partial charge in [0.25, 0.3) is 0 Å². The summed E-state index contributed by atoms with van der Waals surface area (Å²) in [5.41, 5.74) is 2.94. The number of amides is 1. The number of thiazole rings is 1. The number of aromatic nitrogens is 1. The van der Waals surface area contributed by atoms with Crippen LogP contribution in [-0.2, 0) is 11.2 Å². The monoisotopic (exact) mass is 340 g/mol. The molecule has 1 amide bonds. The van der Waals surface area contributed by atoms with E-state index in [4.69, 9.17) is 0 Å². The third-order valence-corrected chi connectivity index (χ3v) is 4.27. The van der Waals surface area contributed by atoms with Crippen LogP contribution in [-0.4, -0.2) is 21.1 Å². The summed E-state index contributed by atoms with van der Waals surface area (Å²) in [5, 5.41) is 24.5. The molecular formula is C18H16N2O3S. The fourth-order valence-electron chi connectivity index (χ4n) is 2.32. The lowest BCUT2D eigenvalue weighted by Crippen LogP contribution is -2.14. The predicted octanol–water partition coefficient (Wildman–Crippen LogP) is 3.71. The van der Waals surface area contributed by atoms with E-state index < -0.39 is 0 Å². The molecule has 0 aliphatic carbocycles. The van der Waals surface area contributed by atoms with Gasteiger partial charge in [0, 0.05) is 22.7 Å². The topological polar surface area (TPSA) is 82.5 Å². The van der Waals surface area contributed by atoms with Crippen molar-refractivity contribution in [2.45, 2.75) is 13.3 Å². The molecule has 3 N–H and O–H groups in total. The SMILES string of the molecule is Cc1cccc(NC(=O)Cc2nc(-c3ccc(O)cc3O)cs2)c1. The molecule has 3 rings (SSSR count). The van der Waals surface area contributed by atoms with Crippen molar-refractivity contribution in [3.63, 3.8) is 0 Å². The molecule has 0 unspecified atom stereocenters. The number of aryl methyl sites for hydroxylation is 1. The Kier molecular flexibility index (Phi) is 4.48. The Labute approximate surface area is 143 Å². The Morgan fingerprint density at radius 3 is 2.79 bits per heavy atom. The molecule has 0 fully saturated rings. The van der Waals surface area contributed by atoms with Gasteiger partial charge < -0.3 is 15.5 Å². The maximum Gasteiger partial charge on any atom is 0.231 e. The number of carbonyl (C=O) groups is 1. The number of anilines is 1. The summed E-state index contributed by atoms with van der Waals surface area (Å²) in [4.78, 5) is 16.5. The highest BCUT2D eigenvalue weighted by Crippen LogP contribution is 2.32. The van der Waals surface area contributed by atoms with Crippen LogP contribution in [0, 0.1) is 6.92 Å². The van der Waals surface area contributed by atoms with Crippen molar-refractivity contribution < 1.29 is 15.0 Å². The molecule has 2 aromatic carbocycles. The van der Waals surface area contributed by atoms with Crippen molar-refractivity contribution in [3.05, 3.63) is 58.4 Å². The fraction of sp³-hybridized carbons (Fsp3) is 0.111. The largest absolute Gasteiger partial charge is 0.508 e. The van der Waals surface area contributed by atoms with E-state index in [0.29, 0.717) is 16.3 Å². The maximum absolute atomic E-state index is 12.1. The minimum atomic E-state index is -0.142. The molecule has 1 aromatic heterocycles. The Morgan fingerprint density at radius 2 is 2.04 bits per heavy atom. The van der Waals surface area contributed by atoms with Crippen LogP contribution in [0.15, 0.2) is 47.8 Å². The Hall–Kier alpha value is -2.86. The highest BCUT2D eigenvalue weighted by atomic mass is 32.1. The number of carbonyl (C=O) groups excluding carboxylic acids is 1. The maximum atomic E-state index is 12.1. The van der Waals surface area contributed by atoms with E-state index in [1.54, 1.807) is 11.4 Å². The van der Waals surface area contributed by atoms with Gasteiger partial charge in [-0.25, -0.2) is 4.98 Å². The molecule has 0 saturated heterocycles. The summed E-state index contributed by atoms with van der Waals surface area (Å²) >= 11 is 1.35. The minimum absolute atomic E-state index is 0.00997. The Morgan fingerprint density at radius 1 is 1.21 bits per heavy atom. The normalized spacial score (nSPS) is 10.5. The second-order valence-corrected chi connectivity index (χ2v) is 6.37. The highest BCUT2D eigenvalue weighted by molar-refractivity contribution is 7.10. The molecular weight excluding hydrogens is 324 g/mol. The van der Waals surface area contributed by atoms with E-state index in [2.05, 4.69) is 10.3 Å². The quantitative estimate of drug-likeness (QED) is 0.676. The highest BCUT2D eigenvalue weighted by Gasteiger charge is 2.12. The van der Waals surface area contributed by atoms with Crippen LogP contribution < -0.4 is 5.32 Å². The molecule has 0 saturated carbocycles. The van der Waals surface area contributed by atoms with Crippen LogP contribution in [0.25, 0.3) is 11.3 Å². The first kappa shape index (κ1) is 16.0. The molecule has 5 nitrogen and oxygen atoms in total. The van der Waals surface area contributed by atoms with Crippen molar-refractivity contribution in [1.29, 1.82) is 0 Å². The summed E-state index contributed by atoms with van der Waals surface area (Å²) in [7, 11) is 0. The zero-order chi connectivity index (χ0) is 17.1. The number of hydrogen-bond acceptors (Lipinski definition) is 5. The molecule has 0 radical (unpaired) electrons. The molecule has 0 atom stereocenters. The van der Waals surface area contributed by atoms with Crippen LogP contribution in [0.2, 0.25) is 0 Å². The van der Waals surface area contributed by atoms with Gasteiger partial charge in [0.05, 0.1) is 12.1 Å². The number of nitrogens with one attached hydrogen (secondary N) is 1. The van der Waals surface area contributed by atoms with E-state index in [-0.39, 0.29) is 23.8 Å². The predicted molar refractivity (Wildman–Crippen MR) is 94.4 cm³/mol. The average molecular weight is 340 g/mol. The van der Waals surface area contributed by atoms with E-state index in [1.807, 2.05) is 31.2 Å². The number of nitrogens with zero attached hydrogens (tertiary/aromatic N) is 1. The van der Waals surface area contributed by atoms with Crippen LogP contribution >= 0.6 is 11.3 Å². The van der Waals surface area contributed by atoms with Gasteiger partial charge in [-0.15, -0.1) is 11.3 Å². The van der Waals surface area contributed by atoms with Crippen LogP contribution in [0.4, 0.5) is 5.69 Å². The smallest absolute Gasteiger partial charge is 0.231 e. The van der Waals surface area contributed by atoms with Gasteiger partial charge in [-0.3, -0.25) is 4.79 Å². The van der Waals surface area contributed by atoms with Crippen LogP contribution in [0.3, 0.4) is 0 Å². The lowest BCUT2D eigenvalue weighted by molar-refractivity contribution is -0.115. The van der Waals surface area contributed by atoms with E-state index in [1.165, 1.54) is 23.5 Å². The number of aromatic hydroxyl groups is 2. The third-order valence-electron chi connectivity index (χ3n) is 3.42. The van der Waals surface area contributed by atoms with Gasteiger partial charge in [0.2, 0.25) is 5.91 Å². The molecule has 0 aliphatic rings. The Balaban J connectivity index is 1.70. The second kappa shape index (κ2) is 6.72. The van der Waals surface area contributed by atoms with Crippen molar-refractivity contribution in [3.8, 4) is 22.8 Å². The van der Waals surface area contributed by atoms with Crippen molar-refractivity contribution in [1.82, 2.24) is 4.98 Å². The van der Waals surface area contributed by atoms with Gasteiger partial charge in [-0.2, -0.15) is 0 Å². The third kappa shape index (κ3) is 3.72. The molecule has 3 aromatic rings. The van der Waals surface area contributed by atoms with Gasteiger partial charge in [0.15, 0.2) is 0 Å². The fourth-order valence-corrected chi connectivity index (χ4v) is 3.11. The lowest BCUT2D eigenvalue weighted by Gasteiger charge is -2.04. The molecule has 0 aliphatic heterocycles. The average Bonchev–Trinajstić information content (AvgIpc) is 2.95. The van der Waals surface area contributed by atoms with E-state index in [0.717, 1.165) is 11.3 Å². The first-order chi connectivity index (χ1) is 11.5. The minimum Gasteiger partial charge on any atom is -0.508 e. The molecule has 122 valence electrons. The van der Waals surface area contributed by atoms with Gasteiger partial charge in [-0.1, -0.05) is 12.1 Å². The van der Waals surface area contributed by atoms with Crippen molar-refractivity contribution in [2.24, 2.45) is 0 Å². The van der Waals surface area contributed by atoms with E-state index >= 15 is 0 Å². The van der Waals surface area contributed by atoms with Crippen LogP contribution in [0.5, 0.6) is 11.5 Å². The summed E-state index contributed by atoms with van der Waals surface area (Å²) in [5.74, 6) is -0.197. The number of rotatable bonds is 4. The number of phenols is 2. The first-order valence-corrected chi connectivity index (χ1v) is 8.22. The van der Waals surface area contributed by atoms with Gasteiger partial charge >= 0.3 is 0 Å². The lowest BCUT2D eigenvalue weighted by atomic mass is 10.1. The van der Waals surface area contributed by atoms with Gasteiger partial charge in [0.1, 0.15) is 16.5 Å². The summed E-state index contributed by atoms with van der Waals surface area (Å²) in [6, 6.07) is 11.9. The number of hydrogen-bond donors (Lipinski definition) is 3. The van der Waals surface area contributed by atoms with Gasteiger partial charge in [-0.05, 0) is 36.8 Å². The van der Waals surface area contributed by atoms with Crippen molar-refractivity contribution >= 4 is 22.9 Å². The molecule has 24 heavy (non-hydrogen) atoms. The summed E-state index contributed by atoms with van der Waals surface area (Å²) in [6.07, 6.45) is 0.164. The Bertz CT molecular complexity index is 889. The molecule has 1 heterocycles. The van der Waals surface area contributed by atoms with Crippen LogP contribution in [0.1, 0.15) is 10.6 Å². The standard InChI is InChI=1S/C18H16N2O3S/c1-11-3-2-4-12(7-11)19-17(23)9-18-20-15(10-24-18)14-6-5-13(21)8-16(14)22/h2-8,10,21-22H,9H2,1H3,(H,19,23). The number of benzene rings is 2. The number of phenolic OH excluding ortho intramolecular Hbond substituents is 2. The van der Waals surface area contributed by atoms with E-state index in [9.17, 15) is 15.0 Å².